The van der Waals surface area contributed by atoms with Gasteiger partial charge in [-0.25, -0.2) is 4.79 Å². The molecule has 2 aromatic heterocycles. The predicted octanol–water partition coefficient (Wildman–Crippen LogP) is 4.55. The molecule has 202 valence electrons. The molecule has 2 aliphatic heterocycles. The topological polar surface area (TPSA) is 116 Å². The van der Waals surface area contributed by atoms with Crippen LogP contribution >= 0.6 is 0 Å². The summed E-state index contributed by atoms with van der Waals surface area (Å²) < 4.78 is 5.66. The monoisotopic (exact) mass is 519 g/mol. The third kappa shape index (κ3) is 4.47. The van der Waals surface area contributed by atoms with E-state index in [9.17, 15) is 15.0 Å². The zero-order valence-electron chi connectivity index (χ0n) is 22.8. The molecule has 1 aromatic carbocycles. The second-order valence-corrected chi connectivity index (χ2v) is 11.7. The molecular formula is C29H37N5O4. The van der Waals surface area contributed by atoms with Gasteiger partial charge in [0.2, 0.25) is 11.7 Å². The van der Waals surface area contributed by atoms with Crippen molar-refractivity contribution in [3.8, 4) is 11.4 Å². The van der Waals surface area contributed by atoms with Crippen molar-refractivity contribution < 1.29 is 19.5 Å². The number of pyridine rings is 1. The highest BCUT2D eigenvalue weighted by Crippen LogP contribution is 2.50. The molecule has 0 bridgehead atoms. The summed E-state index contributed by atoms with van der Waals surface area (Å²) in [6, 6.07) is 10.2. The number of hydrogen-bond donors (Lipinski definition) is 2. The van der Waals surface area contributed by atoms with E-state index in [1.807, 2.05) is 25.1 Å². The van der Waals surface area contributed by atoms with Gasteiger partial charge in [-0.1, -0.05) is 57.1 Å². The first-order chi connectivity index (χ1) is 18.0. The van der Waals surface area contributed by atoms with Crippen molar-refractivity contribution in [1.29, 1.82) is 0 Å². The molecule has 2 fully saturated rings. The zero-order chi connectivity index (χ0) is 27.2. The molecule has 38 heavy (non-hydrogen) atoms. The molecule has 2 aliphatic rings. The van der Waals surface area contributed by atoms with E-state index >= 15 is 0 Å². The molecule has 9 nitrogen and oxygen atoms in total. The van der Waals surface area contributed by atoms with Crippen molar-refractivity contribution >= 4 is 6.09 Å². The first-order valence-electron chi connectivity index (χ1n) is 13.3. The minimum atomic E-state index is -1.26. The van der Waals surface area contributed by atoms with E-state index in [2.05, 4.69) is 60.0 Å². The molecular weight excluding hydrogens is 482 g/mol. The van der Waals surface area contributed by atoms with Gasteiger partial charge in [-0.05, 0) is 42.5 Å². The van der Waals surface area contributed by atoms with Gasteiger partial charge in [-0.15, -0.1) is 0 Å². The highest BCUT2D eigenvalue weighted by molar-refractivity contribution is 5.65. The summed E-state index contributed by atoms with van der Waals surface area (Å²) in [5, 5.41) is 26.0. The van der Waals surface area contributed by atoms with Gasteiger partial charge in [0, 0.05) is 61.0 Å². The van der Waals surface area contributed by atoms with E-state index in [0.717, 1.165) is 18.7 Å². The average molecular weight is 520 g/mol. The van der Waals surface area contributed by atoms with Crippen LogP contribution in [0.1, 0.15) is 68.5 Å². The summed E-state index contributed by atoms with van der Waals surface area (Å²) in [6.45, 7) is 10.8. The quantitative estimate of drug-likeness (QED) is 0.487. The Labute approximate surface area is 223 Å². The Morgan fingerprint density at radius 2 is 1.89 bits per heavy atom. The van der Waals surface area contributed by atoms with Crippen LogP contribution < -0.4 is 0 Å². The number of rotatable bonds is 6. The maximum atomic E-state index is 12.5. The van der Waals surface area contributed by atoms with E-state index in [-0.39, 0.29) is 11.8 Å². The molecule has 0 saturated carbocycles. The molecule has 1 amide bonds. The number of amides is 1. The van der Waals surface area contributed by atoms with Gasteiger partial charge in [-0.3, -0.25) is 4.98 Å². The molecule has 4 heterocycles. The summed E-state index contributed by atoms with van der Waals surface area (Å²) in [4.78, 5) is 24.2. The van der Waals surface area contributed by atoms with Crippen LogP contribution in [0.4, 0.5) is 4.79 Å². The normalized spacial score (nSPS) is 23.2. The predicted molar refractivity (Wildman–Crippen MR) is 143 cm³/mol. The van der Waals surface area contributed by atoms with Crippen LogP contribution in [0.15, 0.2) is 47.2 Å². The maximum absolute atomic E-state index is 12.5. The Morgan fingerprint density at radius 1 is 1.18 bits per heavy atom. The molecule has 0 aliphatic carbocycles. The van der Waals surface area contributed by atoms with Gasteiger partial charge >= 0.3 is 6.09 Å². The van der Waals surface area contributed by atoms with Crippen LogP contribution in [-0.2, 0) is 5.60 Å². The van der Waals surface area contributed by atoms with Crippen molar-refractivity contribution in [3.63, 3.8) is 0 Å². The van der Waals surface area contributed by atoms with Crippen molar-refractivity contribution in [3.05, 3.63) is 65.3 Å². The van der Waals surface area contributed by atoms with Crippen LogP contribution in [0.3, 0.4) is 0 Å². The number of aliphatic hydroxyl groups is 1. The standard InChI is InChI=1S/C29H37N5O4/c1-18(2)20-6-8-22(9-7-20)29(37,28(4)16-33(5)17-28)23-12-21(13-30-14-23)25-31-26(38-32-25)24-10-11-34(27(35)36)15-19(24)3/h6-9,12-14,18-19,24,37H,10-11,15-17H2,1-5H3,(H,35,36)/t19-,24+,29+/m1/s1. The molecule has 3 atom stereocenters. The Bertz CT molecular complexity index is 1300. The van der Waals surface area contributed by atoms with Crippen LogP contribution in [0.25, 0.3) is 11.4 Å². The number of nitrogens with zero attached hydrogens (tertiary/aromatic N) is 5. The lowest BCUT2D eigenvalue weighted by Gasteiger charge is -2.55. The number of likely N-dealkylation sites (tertiary alicyclic amines) is 2. The second-order valence-electron chi connectivity index (χ2n) is 11.7. The van der Waals surface area contributed by atoms with Gasteiger partial charge in [-0.2, -0.15) is 4.98 Å². The van der Waals surface area contributed by atoms with Crippen LogP contribution in [0.2, 0.25) is 0 Å². The van der Waals surface area contributed by atoms with Gasteiger partial charge in [0.15, 0.2) is 0 Å². The van der Waals surface area contributed by atoms with Gasteiger partial charge in [0.05, 0.1) is 0 Å². The zero-order valence-corrected chi connectivity index (χ0v) is 22.8. The Balaban J connectivity index is 1.48. The van der Waals surface area contributed by atoms with Gasteiger partial charge in [0.25, 0.3) is 0 Å². The molecule has 2 N–H and O–H groups in total. The third-order valence-corrected chi connectivity index (χ3v) is 8.46. The fourth-order valence-electron chi connectivity index (χ4n) is 6.30. The lowest BCUT2D eigenvalue weighted by atomic mass is 9.62. The molecule has 0 spiro atoms. The van der Waals surface area contributed by atoms with Gasteiger partial charge in [0.1, 0.15) is 5.60 Å². The van der Waals surface area contributed by atoms with E-state index in [1.54, 1.807) is 12.4 Å². The fourth-order valence-corrected chi connectivity index (χ4v) is 6.30. The number of carbonyl (C=O) groups is 1. The van der Waals surface area contributed by atoms with Gasteiger partial charge < -0.3 is 24.5 Å². The minimum Gasteiger partial charge on any atom is -0.465 e. The van der Waals surface area contributed by atoms with Crippen LogP contribution in [0, 0.1) is 11.3 Å². The number of aromatic nitrogens is 3. The number of carboxylic acid groups (broad SMARTS) is 1. The van der Waals surface area contributed by atoms with Crippen molar-refractivity contribution in [2.24, 2.45) is 11.3 Å². The summed E-state index contributed by atoms with van der Waals surface area (Å²) in [5.41, 5.74) is 1.75. The van der Waals surface area contributed by atoms with E-state index in [0.29, 0.717) is 48.3 Å². The molecule has 0 radical (unpaired) electrons. The van der Waals surface area contributed by atoms with Crippen molar-refractivity contribution in [1.82, 2.24) is 24.9 Å². The summed E-state index contributed by atoms with van der Waals surface area (Å²) in [5.74, 6) is 1.38. The smallest absolute Gasteiger partial charge is 0.407 e. The van der Waals surface area contributed by atoms with Crippen molar-refractivity contribution in [2.45, 2.75) is 51.6 Å². The number of piperidine rings is 1. The lowest BCUT2D eigenvalue weighted by molar-refractivity contribution is -0.127. The highest BCUT2D eigenvalue weighted by Gasteiger charge is 2.55. The first kappa shape index (κ1) is 26.3. The highest BCUT2D eigenvalue weighted by atomic mass is 16.5. The van der Waals surface area contributed by atoms with E-state index < -0.39 is 17.1 Å². The fraction of sp³-hybridized carbons (Fsp3) is 0.517. The SMILES string of the molecule is CC(C)c1ccc([C@](O)(c2cncc(-c3noc([C@H]4CCN(C(=O)O)C[C@H]4C)n3)c2)C2(C)CN(C)C2)cc1. The molecule has 5 rings (SSSR count). The summed E-state index contributed by atoms with van der Waals surface area (Å²) in [6.07, 6.45) is 3.15. The number of hydrogen-bond acceptors (Lipinski definition) is 7. The minimum absolute atomic E-state index is 0.0104. The summed E-state index contributed by atoms with van der Waals surface area (Å²) in [7, 11) is 2.06. The maximum Gasteiger partial charge on any atom is 0.407 e. The van der Waals surface area contributed by atoms with Crippen molar-refractivity contribution in [2.75, 3.05) is 33.2 Å². The first-order valence-corrected chi connectivity index (χ1v) is 13.3. The van der Waals surface area contributed by atoms with E-state index in [4.69, 9.17) is 4.52 Å². The Kier molecular flexibility index (Phi) is 6.77. The Hall–Kier alpha value is -3.30. The Morgan fingerprint density at radius 3 is 2.50 bits per heavy atom. The summed E-state index contributed by atoms with van der Waals surface area (Å²) >= 11 is 0. The number of benzene rings is 1. The van der Waals surface area contributed by atoms with E-state index in [1.165, 1.54) is 10.5 Å². The average Bonchev–Trinajstić information content (AvgIpc) is 3.37. The van der Waals surface area contributed by atoms with Crippen LogP contribution in [-0.4, -0.2) is 74.5 Å². The molecule has 0 unspecified atom stereocenters. The molecule has 2 saturated heterocycles. The third-order valence-electron chi connectivity index (χ3n) is 8.46. The second kappa shape index (κ2) is 9.78. The largest absolute Gasteiger partial charge is 0.465 e. The van der Waals surface area contributed by atoms with Crippen LogP contribution in [0.5, 0.6) is 0 Å². The lowest BCUT2D eigenvalue weighted by Crippen LogP contribution is -2.63. The molecule has 9 heteroatoms. The molecule has 3 aromatic rings.